The van der Waals surface area contributed by atoms with Gasteiger partial charge in [0.2, 0.25) is 5.91 Å². The van der Waals surface area contributed by atoms with Gasteiger partial charge in [-0.15, -0.1) is 0 Å². The minimum atomic E-state index is 0.102. The third-order valence-corrected chi connectivity index (χ3v) is 5.07. The van der Waals surface area contributed by atoms with E-state index in [1.54, 1.807) is 11.6 Å². The molecule has 27 heavy (non-hydrogen) atoms. The smallest absolute Gasteiger partial charge is 0.219 e. The third kappa shape index (κ3) is 3.32. The molecule has 1 aromatic carbocycles. The molecule has 0 bridgehead atoms. The van der Waals surface area contributed by atoms with Crippen molar-refractivity contribution in [1.29, 1.82) is 0 Å². The molecule has 0 fully saturated rings. The van der Waals surface area contributed by atoms with Crippen LogP contribution in [0.15, 0.2) is 30.6 Å². The average molecular weight is 364 g/mol. The van der Waals surface area contributed by atoms with E-state index in [-0.39, 0.29) is 5.91 Å². The van der Waals surface area contributed by atoms with E-state index in [4.69, 9.17) is 0 Å². The number of hydrogen-bond acceptors (Lipinski definition) is 4. The highest BCUT2D eigenvalue weighted by Gasteiger charge is 2.25. The summed E-state index contributed by atoms with van der Waals surface area (Å²) in [6, 6.07) is 6.36. The highest BCUT2D eigenvalue weighted by Crippen LogP contribution is 2.30. The molecule has 0 atom stereocenters. The number of aryl methyl sites for hydroxylation is 3. The molecule has 0 aliphatic carbocycles. The van der Waals surface area contributed by atoms with E-state index in [9.17, 15) is 4.79 Å². The molecular weight excluding hydrogens is 340 g/mol. The number of carbonyl (C=O) groups is 1. The largest absolute Gasteiger partial charge is 0.338 e. The Morgan fingerprint density at radius 2 is 2.00 bits per heavy atom. The van der Waals surface area contributed by atoms with E-state index < -0.39 is 0 Å². The van der Waals surface area contributed by atoms with Crippen LogP contribution in [0.1, 0.15) is 23.7 Å². The predicted octanol–water partition coefficient (Wildman–Crippen LogP) is 2.78. The van der Waals surface area contributed by atoms with Crippen molar-refractivity contribution in [1.82, 2.24) is 24.5 Å². The number of fused-ring (bicyclic) bond motifs is 1. The zero-order valence-corrected chi connectivity index (χ0v) is 16.2. The zero-order chi connectivity index (χ0) is 19.1. The molecule has 2 aromatic heterocycles. The van der Waals surface area contributed by atoms with Gasteiger partial charge in [-0.25, -0.2) is 0 Å². The van der Waals surface area contributed by atoms with Gasteiger partial charge in [-0.2, -0.15) is 10.2 Å². The van der Waals surface area contributed by atoms with E-state index in [1.807, 2.05) is 36.1 Å². The van der Waals surface area contributed by atoms with E-state index in [0.29, 0.717) is 6.54 Å². The SMILES string of the molecule is CC(=O)N1CCc2c(c(Nc3cc(C)cc(-c4cnn(C)c4)c3)nn2C)C1. The van der Waals surface area contributed by atoms with Gasteiger partial charge >= 0.3 is 0 Å². The third-order valence-electron chi connectivity index (χ3n) is 5.07. The van der Waals surface area contributed by atoms with Gasteiger partial charge in [-0.1, -0.05) is 6.07 Å². The van der Waals surface area contributed by atoms with Gasteiger partial charge in [0.1, 0.15) is 0 Å². The lowest BCUT2D eigenvalue weighted by Crippen LogP contribution is -2.34. The van der Waals surface area contributed by atoms with Gasteiger partial charge in [0.05, 0.1) is 12.7 Å². The van der Waals surface area contributed by atoms with Crippen molar-refractivity contribution in [3.05, 3.63) is 47.4 Å². The van der Waals surface area contributed by atoms with Crippen LogP contribution in [0.2, 0.25) is 0 Å². The van der Waals surface area contributed by atoms with Crippen LogP contribution < -0.4 is 5.32 Å². The zero-order valence-electron chi connectivity index (χ0n) is 16.2. The molecule has 0 radical (unpaired) electrons. The van der Waals surface area contributed by atoms with Crippen LogP contribution in [-0.4, -0.2) is 36.9 Å². The number of hydrogen-bond donors (Lipinski definition) is 1. The second-order valence-corrected chi connectivity index (χ2v) is 7.20. The quantitative estimate of drug-likeness (QED) is 0.776. The molecule has 4 rings (SSSR count). The first-order chi connectivity index (χ1) is 12.9. The number of carbonyl (C=O) groups excluding carboxylic acids is 1. The lowest BCUT2D eigenvalue weighted by atomic mass is 10.0. The molecule has 1 aliphatic heterocycles. The molecular formula is C20H24N6O. The van der Waals surface area contributed by atoms with Crippen molar-refractivity contribution in [3.8, 4) is 11.1 Å². The van der Waals surface area contributed by atoms with Crippen molar-refractivity contribution < 1.29 is 4.79 Å². The summed E-state index contributed by atoms with van der Waals surface area (Å²) in [5.41, 5.74) is 6.62. The predicted molar refractivity (Wildman–Crippen MR) is 105 cm³/mol. The van der Waals surface area contributed by atoms with Crippen LogP contribution in [0.5, 0.6) is 0 Å². The first-order valence-electron chi connectivity index (χ1n) is 9.08. The van der Waals surface area contributed by atoms with E-state index in [0.717, 1.165) is 46.7 Å². The maximum atomic E-state index is 11.8. The maximum absolute atomic E-state index is 11.8. The van der Waals surface area contributed by atoms with Crippen molar-refractivity contribution >= 4 is 17.4 Å². The lowest BCUT2D eigenvalue weighted by molar-refractivity contribution is -0.129. The van der Waals surface area contributed by atoms with Crippen LogP contribution in [0, 0.1) is 6.92 Å². The Morgan fingerprint density at radius 3 is 2.70 bits per heavy atom. The Hall–Kier alpha value is -3.09. The Balaban J connectivity index is 1.67. The highest BCUT2D eigenvalue weighted by molar-refractivity contribution is 5.75. The summed E-state index contributed by atoms with van der Waals surface area (Å²) in [7, 11) is 3.88. The topological polar surface area (TPSA) is 68.0 Å². The molecule has 3 heterocycles. The number of amides is 1. The van der Waals surface area contributed by atoms with Crippen LogP contribution in [0.3, 0.4) is 0 Å². The molecule has 1 N–H and O–H groups in total. The molecule has 7 nitrogen and oxygen atoms in total. The van der Waals surface area contributed by atoms with Gasteiger partial charge < -0.3 is 10.2 Å². The molecule has 0 saturated carbocycles. The van der Waals surface area contributed by atoms with Crippen LogP contribution in [0.4, 0.5) is 11.5 Å². The van der Waals surface area contributed by atoms with E-state index >= 15 is 0 Å². The molecule has 0 saturated heterocycles. The van der Waals surface area contributed by atoms with Crippen molar-refractivity contribution in [2.45, 2.75) is 26.8 Å². The maximum Gasteiger partial charge on any atom is 0.219 e. The first kappa shape index (κ1) is 17.3. The van der Waals surface area contributed by atoms with Crippen LogP contribution in [-0.2, 0) is 31.9 Å². The fourth-order valence-corrected chi connectivity index (χ4v) is 3.69. The van der Waals surface area contributed by atoms with E-state index in [2.05, 4.69) is 40.6 Å². The number of benzene rings is 1. The first-order valence-corrected chi connectivity index (χ1v) is 9.08. The summed E-state index contributed by atoms with van der Waals surface area (Å²) < 4.78 is 3.73. The van der Waals surface area contributed by atoms with Crippen molar-refractivity contribution in [2.75, 3.05) is 11.9 Å². The average Bonchev–Trinajstić information content (AvgIpc) is 3.18. The number of rotatable bonds is 3. The Bertz CT molecular complexity index is 1020. The molecule has 0 unspecified atom stereocenters. The minimum Gasteiger partial charge on any atom is -0.338 e. The summed E-state index contributed by atoms with van der Waals surface area (Å²) >= 11 is 0. The van der Waals surface area contributed by atoms with Gasteiger partial charge in [0, 0.05) is 62.7 Å². The monoisotopic (exact) mass is 364 g/mol. The fraction of sp³-hybridized carbons (Fsp3) is 0.350. The molecule has 1 aliphatic rings. The van der Waals surface area contributed by atoms with Crippen LogP contribution in [0.25, 0.3) is 11.1 Å². The lowest BCUT2D eigenvalue weighted by Gasteiger charge is -2.26. The molecule has 7 heteroatoms. The summed E-state index contributed by atoms with van der Waals surface area (Å²) in [5, 5.41) is 12.4. The summed E-state index contributed by atoms with van der Waals surface area (Å²) in [6.45, 7) is 5.05. The molecule has 3 aromatic rings. The second kappa shape index (κ2) is 6.57. The van der Waals surface area contributed by atoms with E-state index in [1.165, 1.54) is 5.69 Å². The Morgan fingerprint density at radius 1 is 1.19 bits per heavy atom. The minimum absolute atomic E-state index is 0.102. The molecule has 140 valence electrons. The highest BCUT2D eigenvalue weighted by atomic mass is 16.2. The Kier molecular flexibility index (Phi) is 4.22. The van der Waals surface area contributed by atoms with Gasteiger partial charge in [0.15, 0.2) is 5.82 Å². The molecule has 0 spiro atoms. The normalized spacial score (nSPS) is 13.6. The van der Waals surface area contributed by atoms with Crippen molar-refractivity contribution in [3.63, 3.8) is 0 Å². The number of nitrogens with one attached hydrogen (secondary N) is 1. The van der Waals surface area contributed by atoms with Gasteiger partial charge in [-0.3, -0.25) is 14.2 Å². The van der Waals surface area contributed by atoms with Crippen LogP contribution >= 0.6 is 0 Å². The summed E-state index contributed by atoms with van der Waals surface area (Å²) in [4.78, 5) is 13.7. The number of aromatic nitrogens is 4. The fourth-order valence-electron chi connectivity index (χ4n) is 3.69. The summed E-state index contributed by atoms with van der Waals surface area (Å²) in [6.07, 6.45) is 4.70. The van der Waals surface area contributed by atoms with Gasteiger partial charge in [0.25, 0.3) is 0 Å². The second-order valence-electron chi connectivity index (χ2n) is 7.20. The molecule has 1 amide bonds. The number of anilines is 2. The standard InChI is InChI=1S/C20H24N6O/c1-13-7-15(16-10-21-24(3)11-16)9-17(8-13)22-20-18-12-26(14(2)27)6-5-19(18)25(4)23-20/h7-11H,5-6,12H2,1-4H3,(H,22,23). The summed E-state index contributed by atoms with van der Waals surface area (Å²) in [5.74, 6) is 0.922. The Labute approximate surface area is 158 Å². The van der Waals surface area contributed by atoms with Gasteiger partial charge in [-0.05, 0) is 30.2 Å². The van der Waals surface area contributed by atoms with Crippen molar-refractivity contribution in [2.24, 2.45) is 14.1 Å². The number of nitrogens with zero attached hydrogens (tertiary/aromatic N) is 5.